The molecule has 2 amide bonds. The Morgan fingerprint density at radius 2 is 2.03 bits per heavy atom. The summed E-state index contributed by atoms with van der Waals surface area (Å²) in [7, 11) is 0. The number of likely N-dealkylation sites (tertiary alicyclic amines) is 2. The SMILES string of the molecule is O=C(N1CC[C@H](c2ncn[nH]2)C1)N1CC2(CC(Cc3cc(C(F)(F)F)ccn3)C2)C1. The first kappa shape index (κ1) is 19.3. The van der Waals surface area contributed by atoms with E-state index in [9.17, 15) is 18.0 Å². The van der Waals surface area contributed by atoms with Gasteiger partial charge in [0, 0.05) is 49.4 Å². The summed E-state index contributed by atoms with van der Waals surface area (Å²) in [6, 6.07) is 2.23. The molecular formula is C20H23F3N6O. The van der Waals surface area contributed by atoms with E-state index in [0.717, 1.165) is 56.9 Å². The van der Waals surface area contributed by atoms with Crippen LogP contribution in [0.25, 0.3) is 0 Å². The van der Waals surface area contributed by atoms with Gasteiger partial charge in [-0.1, -0.05) is 0 Å². The van der Waals surface area contributed by atoms with E-state index < -0.39 is 11.7 Å². The topological polar surface area (TPSA) is 78.0 Å². The van der Waals surface area contributed by atoms with Gasteiger partial charge in [-0.25, -0.2) is 9.78 Å². The molecule has 2 aliphatic heterocycles. The largest absolute Gasteiger partial charge is 0.416 e. The van der Waals surface area contributed by atoms with E-state index in [-0.39, 0.29) is 17.4 Å². The van der Waals surface area contributed by atoms with Crippen LogP contribution >= 0.6 is 0 Å². The average molecular weight is 420 g/mol. The Labute approximate surface area is 171 Å². The fourth-order valence-electron chi connectivity index (χ4n) is 5.30. The minimum Gasteiger partial charge on any atom is -0.324 e. The molecule has 30 heavy (non-hydrogen) atoms. The van der Waals surface area contributed by atoms with Gasteiger partial charge in [-0.05, 0) is 43.7 Å². The molecule has 1 spiro atoms. The third-order valence-electron chi connectivity index (χ3n) is 6.69. The van der Waals surface area contributed by atoms with Crippen molar-refractivity contribution < 1.29 is 18.0 Å². The van der Waals surface area contributed by atoms with Crippen LogP contribution < -0.4 is 0 Å². The van der Waals surface area contributed by atoms with E-state index in [0.29, 0.717) is 24.6 Å². The van der Waals surface area contributed by atoms with Gasteiger partial charge in [0.2, 0.25) is 0 Å². The molecule has 2 aromatic rings. The maximum atomic E-state index is 12.9. The summed E-state index contributed by atoms with van der Waals surface area (Å²) in [5.74, 6) is 1.37. The highest BCUT2D eigenvalue weighted by molar-refractivity contribution is 5.76. The monoisotopic (exact) mass is 420 g/mol. The van der Waals surface area contributed by atoms with Crippen molar-refractivity contribution in [1.82, 2.24) is 30.0 Å². The molecule has 0 radical (unpaired) electrons. The molecular weight excluding hydrogens is 397 g/mol. The Hall–Kier alpha value is -2.65. The number of H-pyrrole nitrogens is 1. The maximum absolute atomic E-state index is 12.9. The molecule has 2 saturated heterocycles. The Kier molecular flexibility index (Phi) is 4.48. The predicted molar refractivity (Wildman–Crippen MR) is 100 cm³/mol. The molecule has 3 fully saturated rings. The predicted octanol–water partition coefficient (Wildman–Crippen LogP) is 3.08. The second-order valence-electron chi connectivity index (χ2n) is 8.95. The highest BCUT2D eigenvalue weighted by atomic mass is 19.4. The van der Waals surface area contributed by atoms with Crippen molar-refractivity contribution in [2.24, 2.45) is 11.3 Å². The van der Waals surface area contributed by atoms with Crippen LogP contribution in [0, 0.1) is 11.3 Å². The number of amides is 2. The smallest absolute Gasteiger partial charge is 0.324 e. The number of carbonyl (C=O) groups is 1. The standard InChI is InChI=1S/C20H23F3N6O/c21-20(22,23)15-1-3-24-16(6-15)5-13-7-19(8-13)10-29(11-19)18(30)28-4-2-14(9-28)17-25-12-26-27-17/h1,3,6,12-14H,2,4-5,7-11H2,(H,25,26,27)/t14-/m0/s1. The molecule has 1 N–H and O–H groups in total. The van der Waals surface area contributed by atoms with Gasteiger partial charge in [0.25, 0.3) is 0 Å². The lowest BCUT2D eigenvalue weighted by Gasteiger charge is -2.59. The van der Waals surface area contributed by atoms with Crippen molar-refractivity contribution in [1.29, 1.82) is 0 Å². The second kappa shape index (κ2) is 6.95. The third kappa shape index (κ3) is 3.52. The molecule has 0 aromatic carbocycles. The quantitative estimate of drug-likeness (QED) is 0.828. The second-order valence-corrected chi connectivity index (χ2v) is 8.95. The zero-order chi connectivity index (χ0) is 20.9. The van der Waals surface area contributed by atoms with Crippen LogP contribution in [0.3, 0.4) is 0 Å². The number of nitrogens with zero attached hydrogens (tertiary/aromatic N) is 5. The summed E-state index contributed by atoms with van der Waals surface area (Å²) in [6.07, 6.45) is 1.70. The summed E-state index contributed by atoms with van der Waals surface area (Å²) in [6.45, 7) is 2.85. The van der Waals surface area contributed by atoms with E-state index in [1.165, 1.54) is 12.5 Å². The first-order valence-electron chi connectivity index (χ1n) is 10.2. The maximum Gasteiger partial charge on any atom is 0.416 e. The summed E-state index contributed by atoms with van der Waals surface area (Å²) in [5.41, 5.74) is -0.00453. The van der Waals surface area contributed by atoms with E-state index in [1.54, 1.807) is 0 Å². The number of nitrogens with one attached hydrogen (secondary N) is 1. The van der Waals surface area contributed by atoms with E-state index in [1.807, 2.05) is 9.80 Å². The fourth-order valence-corrected chi connectivity index (χ4v) is 5.30. The number of hydrogen-bond acceptors (Lipinski definition) is 4. The molecule has 7 nitrogen and oxygen atoms in total. The van der Waals surface area contributed by atoms with Crippen LogP contribution in [0.15, 0.2) is 24.7 Å². The average Bonchev–Trinajstić information content (AvgIpc) is 3.32. The molecule has 1 aliphatic carbocycles. The molecule has 5 rings (SSSR count). The number of carbonyl (C=O) groups excluding carboxylic acids is 1. The fraction of sp³-hybridized carbons (Fsp3) is 0.600. The van der Waals surface area contributed by atoms with Crippen molar-refractivity contribution in [2.45, 2.75) is 37.8 Å². The normalized spacial score (nSPS) is 23.5. The number of halogens is 3. The lowest BCUT2D eigenvalue weighted by molar-refractivity contribution is -0.137. The molecule has 160 valence electrons. The van der Waals surface area contributed by atoms with Crippen LogP contribution in [0.5, 0.6) is 0 Å². The number of urea groups is 1. The molecule has 1 atom stereocenters. The van der Waals surface area contributed by atoms with Gasteiger partial charge < -0.3 is 9.80 Å². The van der Waals surface area contributed by atoms with E-state index in [2.05, 4.69) is 20.2 Å². The van der Waals surface area contributed by atoms with E-state index >= 15 is 0 Å². The lowest BCUT2D eigenvalue weighted by atomic mass is 9.57. The Bertz CT molecular complexity index is 917. The number of rotatable bonds is 3. The van der Waals surface area contributed by atoms with Crippen LogP contribution in [0.2, 0.25) is 0 Å². The summed E-state index contributed by atoms with van der Waals surface area (Å²) < 4.78 is 38.6. The molecule has 10 heteroatoms. The Morgan fingerprint density at radius 1 is 1.23 bits per heavy atom. The minimum atomic E-state index is -4.34. The van der Waals surface area contributed by atoms with Gasteiger partial charge >= 0.3 is 12.2 Å². The highest BCUT2D eigenvalue weighted by Gasteiger charge is 2.54. The molecule has 0 bridgehead atoms. The molecule has 3 aliphatic rings. The van der Waals surface area contributed by atoms with Gasteiger partial charge in [0.1, 0.15) is 12.2 Å². The summed E-state index contributed by atoms with van der Waals surface area (Å²) >= 11 is 0. The molecule has 4 heterocycles. The van der Waals surface area contributed by atoms with Gasteiger partial charge in [-0.2, -0.15) is 18.3 Å². The van der Waals surface area contributed by atoms with Crippen LogP contribution in [-0.2, 0) is 12.6 Å². The number of pyridine rings is 1. The summed E-state index contributed by atoms with van der Waals surface area (Å²) in [4.78, 5) is 24.8. The Morgan fingerprint density at radius 3 is 2.73 bits per heavy atom. The first-order chi connectivity index (χ1) is 14.3. The van der Waals surface area contributed by atoms with Crippen molar-refractivity contribution in [3.63, 3.8) is 0 Å². The number of hydrogen-bond donors (Lipinski definition) is 1. The zero-order valence-electron chi connectivity index (χ0n) is 16.4. The zero-order valence-corrected chi connectivity index (χ0v) is 16.4. The highest BCUT2D eigenvalue weighted by Crippen LogP contribution is 2.53. The Balaban J connectivity index is 1.10. The lowest BCUT2D eigenvalue weighted by Crippen LogP contribution is -2.65. The third-order valence-corrected chi connectivity index (χ3v) is 6.69. The number of alkyl halides is 3. The van der Waals surface area contributed by atoms with Crippen molar-refractivity contribution in [3.05, 3.63) is 41.7 Å². The minimum absolute atomic E-state index is 0.0747. The molecule has 0 unspecified atom stereocenters. The van der Waals surface area contributed by atoms with Crippen LogP contribution in [0.4, 0.5) is 18.0 Å². The van der Waals surface area contributed by atoms with Gasteiger partial charge in [-0.3, -0.25) is 10.1 Å². The van der Waals surface area contributed by atoms with Crippen molar-refractivity contribution >= 4 is 6.03 Å². The molecule has 2 aromatic heterocycles. The number of aromatic amines is 1. The molecule has 1 saturated carbocycles. The van der Waals surface area contributed by atoms with Gasteiger partial charge in [0.15, 0.2) is 0 Å². The first-order valence-corrected chi connectivity index (χ1v) is 10.2. The van der Waals surface area contributed by atoms with E-state index in [4.69, 9.17) is 0 Å². The van der Waals surface area contributed by atoms with Crippen LogP contribution in [-0.4, -0.2) is 62.2 Å². The van der Waals surface area contributed by atoms with Crippen molar-refractivity contribution in [3.8, 4) is 0 Å². The van der Waals surface area contributed by atoms with Gasteiger partial charge in [-0.15, -0.1) is 0 Å². The number of aromatic nitrogens is 4. The van der Waals surface area contributed by atoms with Gasteiger partial charge in [0.05, 0.1) is 5.56 Å². The summed E-state index contributed by atoms with van der Waals surface area (Å²) in [5, 5.41) is 6.76. The van der Waals surface area contributed by atoms with Crippen molar-refractivity contribution in [2.75, 3.05) is 26.2 Å². The van der Waals surface area contributed by atoms with Crippen LogP contribution in [0.1, 0.15) is 42.3 Å².